The summed E-state index contributed by atoms with van der Waals surface area (Å²) >= 11 is 0. The summed E-state index contributed by atoms with van der Waals surface area (Å²) in [6, 6.07) is 7.82. The molecule has 224 valence electrons. The topological polar surface area (TPSA) is 184 Å². The highest BCUT2D eigenvalue weighted by Gasteiger charge is 2.32. The van der Waals surface area contributed by atoms with E-state index in [1.807, 2.05) is 0 Å². The van der Waals surface area contributed by atoms with Crippen molar-refractivity contribution in [2.45, 2.75) is 38.7 Å². The Morgan fingerprint density at radius 3 is 2.50 bits per heavy atom. The second kappa shape index (κ2) is 13.6. The van der Waals surface area contributed by atoms with Crippen molar-refractivity contribution in [1.29, 1.82) is 0 Å². The molecule has 13 nitrogen and oxygen atoms in total. The fourth-order valence-corrected chi connectivity index (χ4v) is 3.54. The van der Waals surface area contributed by atoms with Crippen LogP contribution in [0.2, 0.25) is 0 Å². The van der Waals surface area contributed by atoms with Crippen LogP contribution in [0.25, 0.3) is 16.9 Å². The number of ketones is 1. The third kappa shape index (κ3) is 8.53. The molecule has 1 saturated heterocycles. The first-order valence-corrected chi connectivity index (χ1v) is 12.2. The second-order valence-electron chi connectivity index (χ2n) is 8.78. The minimum absolute atomic E-state index is 0.0218. The van der Waals surface area contributed by atoms with Gasteiger partial charge >= 0.3 is 18.2 Å². The number of pyridine rings is 1. The highest BCUT2D eigenvalue weighted by atomic mass is 19.4. The van der Waals surface area contributed by atoms with Gasteiger partial charge in [0.2, 0.25) is 0 Å². The van der Waals surface area contributed by atoms with Crippen molar-refractivity contribution in [3.8, 4) is 16.9 Å². The molecule has 1 atom stereocenters. The lowest BCUT2D eigenvalue weighted by molar-refractivity contribution is -0.360. The van der Waals surface area contributed by atoms with Crippen LogP contribution in [-0.2, 0) is 30.5 Å². The molecule has 0 spiro atoms. The third-order valence-electron chi connectivity index (χ3n) is 5.61. The number of carbonyl (C=O) groups excluding carboxylic acids is 4. The molecule has 1 aliphatic rings. The van der Waals surface area contributed by atoms with Crippen molar-refractivity contribution in [2.75, 3.05) is 18.0 Å². The van der Waals surface area contributed by atoms with E-state index < -0.39 is 36.1 Å². The van der Waals surface area contributed by atoms with Crippen molar-refractivity contribution in [2.24, 2.45) is 0 Å². The number of carboxylic acid groups (broad SMARTS) is 1. The predicted octanol–water partition coefficient (Wildman–Crippen LogP) is 0.746. The number of cyclic esters (lactones) is 1. The summed E-state index contributed by atoms with van der Waals surface area (Å²) in [5.74, 6) is -3.50. The van der Waals surface area contributed by atoms with Crippen LogP contribution < -0.4 is 15.7 Å². The van der Waals surface area contributed by atoms with E-state index >= 15 is 0 Å². The number of ether oxygens (including phenoxy) is 2. The fourth-order valence-electron chi connectivity index (χ4n) is 3.54. The maximum atomic E-state index is 14.9. The molecular formula is C25H24F4N6O7. The molecule has 3 aromatic rings. The van der Waals surface area contributed by atoms with E-state index in [-0.39, 0.29) is 25.5 Å². The first-order chi connectivity index (χ1) is 19.8. The van der Waals surface area contributed by atoms with Crippen LogP contribution in [0.5, 0.6) is 0 Å². The van der Waals surface area contributed by atoms with Gasteiger partial charge in [-0.25, -0.2) is 23.6 Å². The van der Waals surface area contributed by atoms with Crippen LogP contribution in [-0.4, -0.2) is 69.2 Å². The number of quaternary nitrogens is 1. The summed E-state index contributed by atoms with van der Waals surface area (Å²) < 4.78 is 58.2. The standard InChI is InChI=1S/C23H23FN6O5.C2HF3O2/c1-14(31)2-5-18-12-29(23(33)35-18)17-4-6-19(20(24)8-17)15-3-7-21(26-10-15)30-11-16(27-28-30)13-34-22(32)9-25;3-2(4,5)1(6)7/h3-4,6-8,10-11,18H,2,5,9,12-13,25H2,1H3;(H,6,7)/t18-;/m0./s1. The SMILES string of the molecule is CC(=O)CC[C@H]1CN(c2ccc(-c3ccc(-n4cc(COC(=O)C[NH3+])nn4)nc3)c(F)c2)C(=O)O1.O=C([O-])C(F)(F)F. The number of halogens is 4. The number of hydrogen-bond donors (Lipinski definition) is 1. The zero-order valence-corrected chi connectivity index (χ0v) is 22.0. The van der Waals surface area contributed by atoms with Crippen LogP contribution in [0, 0.1) is 5.82 Å². The number of carboxylic acids is 1. The number of carbonyl (C=O) groups is 4. The zero-order chi connectivity index (χ0) is 31.0. The molecule has 0 unspecified atom stereocenters. The number of aromatic nitrogens is 4. The molecule has 17 heteroatoms. The summed E-state index contributed by atoms with van der Waals surface area (Å²) in [7, 11) is 0. The Kier molecular flexibility index (Phi) is 10.2. The number of esters is 1. The molecule has 3 heterocycles. The number of aliphatic carboxylic acids is 1. The summed E-state index contributed by atoms with van der Waals surface area (Å²) in [6.07, 6.45) is -2.33. The second-order valence-corrected chi connectivity index (χ2v) is 8.78. The average molecular weight is 596 g/mol. The lowest BCUT2D eigenvalue weighted by Gasteiger charge is -2.14. The summed E-state index contributed by atoms with van der Waals surface area (Å²) in [5, 5.41) is 16.7. The average Bonchev–Trinajstić information content (AvgIpc) is 3.57. The highest BCUT2D eigenvalue weighted by Crippen LogP contribution is 2.29. The molecule has 42 heavy (non-hydrogen) atoms. The number of Topliss-reactive ketones (excluding diaryl/α,β-unsaturated/α-hetero) is 1. The number of rotatable bonds is 9. The fraction of sp³-hybridized carbons (Fsp3) is 0.320. The molecule has 1 fully saturated rings. The Balaban J connectivity index is 0.000000616. The molecule has 4 rings (SSSR count). The highest BCUT2D eigenvalue weighted by molar-refractivity contribution is 5.90. The minimum atomic E-state index is -5.19. The molecule has 3 N–H and O–H groups in total. The van der Waals surface area contributed by atoms with E-state index in [0.29, 0.717) is 41.2 Å². The van der Waals surface area contributed by atoms with Gasteiger partial charge in [0.15, 0.2) is 12.4 Å². The van der Waals surface area contributed by atoms with Gasteiger partial charge < -0.3 is 29.9 Å². The number of amides is 1. The molecule has 1 aliphatic heterocycles. The van der Waals surface area contributed by atoms with Crippen LogP contribution in [0.4, 0.5) is 28.0 Å². The van der Waals surface area contributed by atoms with Crippen molar-refractivity contribution < 1.29 is 57.1 Å². The largest absolute Gasteiger partial charge is 0.542 e. The molecule has 1 aromatic carbocycles. The Bertz CT molecular complexity index is 1450. The van der Waals surface area contributed by atoms with Crippen LogP contribution in [0.3, 0.4) is 0 Å². The van der Waals surface area contributed by atoms with Crippen molar-refractivity contribution in [3.63, 3.8) is 0 Å². The van der Waals surface area contributed by atoms with Gasteiger partial charge in [-0.2, -0.15) is 13.2 Å². The van der Waals surface area contributed by atoms with Crippen molar-refractivity contribution >= 4 is 29.5 Å². The van der Waals surface area contributed by atoms with Gasteiger partial charge in [0, 0.05) is 23.7 Å². The van der Waals surface area contributed by atoms with Gasteiger partial charge in [-0.05, 0) is 43.7 Å². The zero-order valence-electron chi connectivity index (χ0n) is 22.0. The lowest BCUT2D eigenvalue weighted by Crippen LogP contribution is -2.54. The normalized spacial score (nSPS) is 14.6. The molecule has 0 radical (unpaired) electrons. The van der Waals surface area contributed by atoms with Gasteiger partial charge in [0.05, 0.1) is 18.4 Å². The molecule has 2 aromatic heterocycles. The van der Waals surface area contributed by atoms with Crippen molar-refractivity contribution in [3.05, 3.63) is 54.2 Å². The summed E-state index contributed by atoms with van der Waals surface area (Å²) in [4.78, 5) is 49.1. The predicted molar refractivity (Wildman–Crippen MR) is 131 cm³/mol. The molecule has 1 amide bonds. The van der Waals surface area contributed by atoms with Gasteiger partial charge in [-0.3, -0.25) is 4.90 Å². The smallest absolute Gasteiger partial charge is 0.430 e. The summed E-state index contributed by atoms with van der Waals surface area (Å²) in [6.45, 7) is 1.75. The Morgan fingerprint density at radius 2 is 1.93 bits per heavy atom. The summed E-state index contributed by atoms with van der Waals surface area (Å²) in [5.41, 5.74) is 5.12. The van der Waals surface area contributed by atoms with E-state index in [1.54, 1.807) is 30.5 Å². The molecular weight excluding hydrogens is 572 g/mol. The maximum Gasteiger partial charge on any atom is 0.430 e. The molecule has 0 aliphatic carbocycles. The molecule has 0 bridgehead atoms. The first kappa shape index (κ1) is 31.6. The number of benzene rings is 1. The van der Waals surface area contributed by atoms with Gasteiger partial charge in [0.25, 0.3) is 0 Å². The maximum absolute atomic E-state index is 14.9. The van der Waals surface area contributed by atoms with Crippen molar-refractivity contribution in [1.82, 2.24) is 20.0 Å². The van der Waals surface area contributed by atoms with Crippen LogP contribution >= 0.6 is 0 Å². The first-order valence-electron chi connectivity index (χ1n) is 12.2. The van der Waals surface area contributed by atoms with E-state index in [2.05, 4.69) is 21.0 Å². The Labute approximate surface area is 234 Å². The van der Waals surface area contributed by atoms with Gasteiger partial charge in [-0.1, -0.05) is 5.21 Å². The molecule has 0 saturated carbocycles. The van der Waals surface area contributed by atoms with Gasteiger partial charge in [-0.15, -0.1) is 5.10 Å². The van der Waals surface area contributed by atoms with Gasteiger partial charge in [0.1, 0.15) is 36.0 Å². The van der Waals surface area contributed by atoms with Crippen LogP contribution in [0.1, 0.15) is 25.5 Å². The number of nitrogens with zero attached hydrogens (tertiary/aromatic N) is 5. The Morgan fingerprint density at radius 1 is 1.21 bits per heavy atom. The third-order valence-corrected chi connectivity index (χ3v) is 5.61. The van der Waals surface area contributed by atoms with Crippen LogP contribution in [0.15, 0.2) is 42.7 Å². The Hall–Kier alpha value is -4.93. The quantitative estimate of drug-likeness (QED) is 0.273. The number of hydrogen-bond acceptors (Lipinski definition) is 10. The van der Waals surface area contributed by atoms with E-state index in [9.17, 15) is 31.9 Å². The number of anilines is 1. The van der Waals surface area contributed by atoms with E-state index in [0.717, 1.165) is 0 Å². The van der Waals surface area contributed by atoms with E-state index in [1.165, 1.54) is 28.8 Å². The van der Waals surface area contributed by atoms with E-state index in [4.69, 9.17) is 19.4 Å². The monoisotopic (exact) mass is 596 g/mol. The minimum Gasteiger partial charge on any atom is -0.542 e. The number of alkyl halides is 3. The lowest BCUT2D eigenvalue weighted by atomic mass is 10.1.